The number of carbonyl (C=O) groups is 3. The van der Waals surface area contributed by atoms with Crippen LogP contribution < -0.4 is 10.6 Å². The molecule has 0 bridgehead atoms. The lowest BCUT2D eigenvalue weighted by atomic mass is 9.97. The Morgan fingerprint density at radius 1 is 0.885 bits per heavy atom. The Morgan fingerprint density at radius 3 is 2.15 bits per heavy atom. The summed E-state index contributed by atoms with van der Waals surface area (Å²) in [6.07, 6.45) is 3.80. The predicted molar refractivity (Wildman–Crippen MR) is 200 cm³/mol. The zero-order valence-electron chi connectivity index (χ0n) is 29.8. The highest BCUT2D eigenvalue weighted by molar-refractivity contribution is 7.91. The maximum Gasteiger partial charge on any atom is 0.407 e. The first-order valence-corrected chi connectivity index (χ1v) is 19.6. The van der Waals surface area contributed by atoms with E-state index in [9.17, 15) is 22.8 Å². The Bertz CT molecular complexity index is 1960. The third kappa shape index (κ3) is 8.88. The van der Waals surface area contributed by atoms with Crippen LogP contribution in [0.15, 0.2) is 79.0 Å². The van der Waals surface area contributed by atoms with Gasteiger partial charge in [0.25, 0.3) is 5.91 Å². The number of hydrogen-bond donors (Lipinski definition) is 3. The minimum absolute atomic E-state index is 0.111. The Balaban J connectivity index is 1.06. The second kappa shape index (κ2) is 16.1. The number of ether oxygens (including phenoxy) is 1. The number of carbonyl (C=O) groups excluding carboxylic acids is 3. The van der Waals surface area contributed by atoms with Crippen molar-refractivity contribution in [3.63, 3.8) is 0 Å². The average molecular weight is 727 g/mol. The fraction of sp³-hybridized carbons (Fsp3) is 0.385. The summed E-state index contributed by atoms with van der Waals surface area (Å²) in [6.45, 7) is 6.14. The number of hydrogen-bond acceptors (Lipinski definition) is 8. The molecule has 6 rings (SSSR count). The van der Waals surface area contributed by atoms with Crippen LogP contribution in [-0.4, -0.2) is 90.4 Å². The van der Waals surface area contributed by atoms with E-state index in [1.165, 1.54) is 7.11 Å². The molecule has 0 aliphatic carbocycles. The molecule has 0 radical (unpaired) electrons. The summed E-state index contributed by atoms with van der Waals surface area (Å²) < 4.78 is 28.1. The van der Waals surface area contributed by atoms with Crippen molar-refractivity contribution in [2.24, 2.45) is 5.92 Å². The van der Waals surface area contributed by atoms with Gasteiger partial charge in [-0.25, -0.2) is 18.2 Å². The topological polar surface area (TPSA) is 154 Å². The second-order valence-electron chi connectivity index (χ2n) is 13.8. The summed E-state index contributed by atoms with van der Waals surface area (Å²) >= 11 is 0. The molecule has 1 aromatic heterocycles. The van der Waals surface area contributed by atoms with E-state index in [1.54, 1.807) is 18.3 Å². The van der Waals surface area contributed by atoms with Gasteiger partial charge in [0.15, 0.2) is 9.84 Å². The molecule has 13 heteroatoms. The van der Waals surface area contributed by atoms with Gasteiger partial charge in [-0.3, -0.25) is 14.5 Å². The van der Waals surface area contributed by atoms with Crippen LogP contribution in [0.1, 0.15) is 60.9 Å². The van der Waals surface area contributed by atoms with E-state index in [-0.39, 0.29) is 35.3 Å². The minimum atomic E-state index is -2.91. The van der Waals surface area contributed by atoms with E-state index < -0.39 is 22.0 Å². The molecule has 0 saturated carbocycles. The van der Waals surface area contributed by atoms with E-state index in [0.29, 0.717) is 37.4 Å². The SMILES string of the molecule is COC(=O)N[C@H](C(=O)N1CCCC[C@@H]1c1ncc(-c2ccc(-c3ccc(C(=O)Nc4ccc(CN5CCS(=O)(=O)CC5)cc4)cc3)cc2)[nH]1)C(C)C. The Morgan fingerprint density at radius 2 is 1.52 bits per heavy atom. The van der Waals surface area contributed by atoms with Crippen molar-refractivity contribution in [3.8, 4) is 22.4 Å². The van der Waals surface area contributed by atoms with Gasteiger partial charge in [0, 0.05) is 37.4 Å². The highest BCUT2D eigenvalue weighted by Crippen LogP contribution is 2.32. The van der Waals surface area contributed by atoms with E-state index in [2.05, 4.69) is 25.5 Å². The molecule has 3 aromatic carbocycles. The number of rotatable bonds is 10. The number of anilines is 1. The molecule has 0 spiro atoms. The number of aromatic nitrogens is 2. The number of likely N-dealkylation sites (tertiary alicyclic amines) is 1. The molecule has 3 heterocycles. The first-order chi connectivity index (χ1) is 25.0. The summed E-state index contributed by atoms with van der Waals surface area (Å²) in [5.74, 6) is 0.654. The smallest absolute Gasteiger partial charge is 0.407 e. The summed E-state index contributed by atoms with van der Waals surface area (Å²) in [5.41, 5.74) is 6.06. The van der Waals surface area contributed by atoms with E-state index in [4.69, 9.17) is 4.74 Å². The number of nitrogens with one attached hydrogen (secondary N) is 3. The van der Waals surface area contributed by atoms with Crippen molar-refractivity contribution in [2.45, 2.75) is 51.7 Å². The molecule has 2 fully saturated rings. The van der Waals surface area contributed by atoms with Crippen molar-refractivity contribution < 1.29 is 27.5 Å². The van der Waals surface area contributed by atoms with Gasteiger partial charge in [-0.2, -0.15) is 0 Å². The number of benzene rings is 3. The van der Waals surface area contributed by atoms with Crippen molar-refractivity contribution >= 4 is 33.4 Å². The quantitative estimate of drug-likeness (QED) is 0.189. The van der Waals surface area contributed by atoms with Crippen LogP contribution in [0.3, 0.4) is 0 Å². The van der Waals surface area contributed by atoms with Crippen molar-refractivity contribution in [1.82, 2.24) is 25.1 Å². The van der Waals surface area contributed by atoms with Crippen LogP contribution >= 0.6 is 0 Å². The van der Waals surface area contributed by atoms with Crippen LogP contribution in [0.5, 0.6) is 0 Å². The number of piperidine rings is 1. The van der Waals surface area contributed by atoms with Crippen LogP contribution in [0, 0.1) is 5.92 Å². The van der Waals surface area contributed by atoms with Gasteiger partial charge in [0.05, 0.1) is 36.5 Å². The fourth-order valence-corrected chi connectivity index (χ4v) is 8.01. The van der Waals surface area contributed by atoms with Gasteiger partial charge < -0.3 is 25.3 Å². The monoisotopic (exact) mass is 726 g/mol. The van der Waals surface area contributed by atoms with Crippen LogP contribution in [0.2, 0.25) is 0 Å². The lowest BCUT2D eigenvalue weighted by Gasteiger charge is -2.37. The lowest BCUT2D eigenvalue weighted by molar-refractivity contribution is -0.138. The van der Waals surface area contributed by atoms with Gasteiger partial charge in [-0.1, -0.05) is 62.4 Å². The number of alkyl carbamates (subject to hydrolysis) is 1. The molecule has 4 aromatic rings. The molecule has 2 atom stereocenters. The molecule has 12 nitrogen and oxygen atoms in total. The van der Waals surface area contributed by atoms with Crippen molar-refractivity contribution in [3.05, 3.63) is 95.9 Å². The van der Waals surface area contributed by atoms with Crippen LogP contribution in [-0.2, 0) is 25.9 Å². The molecule has 3 amide bonds. The Labute approximate surface area is 304 Å². The third-order valence-corrected chi connectivity index (χ3v) is 11.4. The van der Waals surface area contributed by atoms with Crippen LogP contribution in [0.4, 0.5) is 10.5 Å². The highest BCUT2D eigenvalue weighted by atomic mass is 32.2. The van der Waals surface area contributed by atoms with Gasteiger partial charge in [0.1, 0.15) is 11.9 Å². The zero-order chi connectivity index (χ0) is 36.8. The van der Waals surface area contributed by atoms with Gasteiger partial charge >= 0.3 is 6.09 Å². The summed E-state index contributed by atoms with van der Waals surface area (Å²) in [6, 6.07) is 22.3. The molecule has 0 unspecified atom stereocenters. The highest BCUT2D eigenvalue weighted by Gasteiger charge is 2.36. The van der Waals surface area contributed by atoms with Crippen molar-refractivity contribution in [2.75, 3.05) is 43.6 Å². The molecule has 2 saturated heterocycles. The first-order valence-electron chi connectivity index (χ1n) is 17.7. The number of amides is 3. The maximum atomic E-state index is 13.6. The summed E-state index contributed by atoms with van der Waals surface area (Å²) in [4.78, 5) is 50.6. The second-order valence-corrected chi connectivity index (χ2v) is 16.1. The Hall–Kier alpha value is -5.01. The fourth-order valence-electron chi connectivity index (χ4n) is 6.73. The first kappa shape index (κ1) is 36.8. The van der Waals surface area contributed by atoms with E-state index in [1.807, 2.05) is 79.4 Å². The summed E-state index contributed by atoms with van der Waals surface area (Å²) in [5, 5.41) is 5.66. The van der Waals surface area contributed by atoms with Gasteiger partial charge in [-0.05, 0) is 71.7 Å². The molecular formula is C39H46N6O6S. The largest absolute Gasteiger partial charge is 0.453 e. The number of H-pyrrole nitrogens is 1. The molecule has 52 heavy (non-hydrogen) atoms. The zero-order valence-corrected chi connectivity index (χ0v) is 30.6. The normalized spacial score (nSPS) is 18.1. The predicted octanol–water partition coefficient (Wildman–Crippen LogP) is 5.66. The molecule has 2 aliphatic heterocycles. The standard InChI is InChI=1S/C39H46N6O6S/c1-26(2)35(43-39(48)51-3)38(47)45-19-5-4-6-34(45)36-40-24-33(42-36)30-13-9-28(10-14-30)29-11-15-31(16-12-29)37(46)41-32-17-7-27(8-18-32)25-44-20-22-52(49,50)23-21-44/h7-18,24,26,34-35H,4-6,19-23,25H2,1-3H3,(H,40,42)(H,41,46)(H,43,48)/t34-,35+/m1/s1. The molecule has 3 N–H and O–H groups in total. The maximum absolute atomic E-state index is 13.6. The van der Waals surface area contributed by atoms with Crippen LogP contribution in [0.25, 0.3) is 22.4 Å². The Kier molecular flexibility index (Phi) is 11.4. The van der Waals surface area contributed by atoms with E-state index in [0.717, 1.165) is 53.0 Å². The average Bonchev–Trinajstić information content (AvgIpc) is 3.65. The number of methoxy groups -OCH3 is 1. The summed E-state index contributed by atoms with van der Waals surface area (Å²) in [7, 11) is -1.62. The molecule has 274 valence electrons. The van der Waals surface area contributed by atoms with Gasteiger partial charge in [0.2, 0.25) is 5.91 Å². The molecular weight excluding hydrogens is 681 g/mol. The number of imidazole rings is 1. The lowest BCUT2D eigenvalue weighted by Crippen LogP contribution is -2.53. The number of nitrogens with zero attached hydrogens (tertiary/aromatic N) is 3. The van der Waals surface area contributed by atoms with Gasteiger partial charge in [-0.15, -0.1) is 0 Å². The molecule has 2 aliphatic rings. The van der Waals surface area contributed by atoms with Crippen molar-refractivity contribution in [1.29, 1.82) is 0 Å². The minimum Gasteiger partial charge on any atom is -0.453 e. The number of sulfone groups is 1. The van der Waals surface area contributed by atoms with E-state index >= 15 is 0 Å². The number of aromatic amines is 1. The third-order valence-electron chi connectivity index (χ3n) is 9.82.